The minimum Gasteiger partial charge on any atom is -0.508 e. The van der Waals surface area contributed by atoms with Crippen molar-refractivity contribution in [1.82, 2.24) is 26.0 Å². The highest BCUT2D eigenvalue weighted by Crippen LogP contribution is 2.30. The molecule has 4 amide bonds. The number of nitro benzene ring substituents is 1. The number of aldehydes is 1. The van der Waals surface area contributed by atoms with Gasteiger partial charge in [-0.05, 0) is 90.6 Å². The number of rotatable bonds is 22. The van der Waals surface area contributed by atoms with Crippen LogP contribution in [0.2, 0.25) is 0 Å². The lowest BCUT2D eigenvalue weighted by Crippen LogP contribution is -2.51. The van der Waals surface area contributed by atoms with Gasteiger partial charge in [-0.25, -0.2) is 13.1 Å². The van der Waals surface area contributed by atoms with E-state index in [4.69, 9.17) is 21.4 Å². The number of nitro groups is 1. The molecule has 0 aromatic heterocycles. The third-order valence-electron chi connectivity index (χ3n) is 9.55. The van der Waals surface area contributed by atoms with E-state index in [0.717, 1.165) is 42.2 Å². The Balaban J connectivity index is 0.000000864. The minimum absolute atomic E-state index is 0.000878. The molecule has 0 aliphatic rings. The van der Waals surface area contributed by atoms with E-state index >= 15 is 0 Å². The van der Waals surface area contributed by atoms with E-state index in [9.17, 15) is 37.7 Å². The zero-order valence-electron chi connectivity index (χ0n) is 39.4. The number of aryl methyl sites for hydroxylation is 2. The highest BCUT2D eigenvalue weighted by atomic mass is 32.2. The first-order valence-corrected chi connectivity index (χ1v) is 23.4. The second-order valence-electron chi connectivity index (χ2n) is 15.5. The van der Waals surface area contributed by atoms with Crippen molar-refractivity contribution in [3.63, 3.8) is 0 Å². The predicted octanol–water partition coefficient (Wildman–Crippen LogP) is 3.86. The zero-order valence-corrected chi connectivity index (χ0v) is 40.2. The highest BCUT2D eigenvalue weighted by molar-refractivity contribution is 7.89. The third-order valence-corrected chi connectivity index (χ3v) is 11.1. The van der Waals surface area contributed by atoms with Crippen LogP contribution in [0.15, 0.2) is 89.8 Å². The smallest absolute Gasteiger partial charge is 0.269 e. The summed E-state index contributed by atoms with van der Waals surface area (Å²) < 4.78 is 28.8. The summed E-state index contributed by atoms with van der Waals surface area (Å²) in [7, 11) is 0.0451. The molecule has 4 aromatic carbocycles. The molecule has 0 saturated carbocycles. The lowest BCUT2D eigenvalue weighted by Gasteiger charge is -2.19. The fraction of sp³-hybridized carbons (Fsp3) is 0.426. The molecular weight excluding hydrogens is 883 g/mol. The van der Waals surface area contributed by atoms with Crippen LogP contribution in [0.3, 0.4) is 0 Å². The monoisotopic (exact) mass is 951 g/mol. The number of hydrogen-bond donors (Lipinski definition) is 8. The predicted molar refractivity (Wildman–Crippen MR) is 262 cm³/mol. The second kappa shape index (κ2) is 32.2. The summed E-state index contributed by atoms with van der Waals surface area (Å²) in [6.07, 6.45) is 4.19. The van der Waals surface area contributed by atoms with Gasteiger partial charge >= 0.3 is 0 Å². The van der Waals surface area contributed by atoms with Crippen LogP contribution in [0.4, 0.5) is 11.4 Å². The van der Waals surface area contributed by atoms with Crippen molar-refractivity contribution in [1.29, 1.82) is 0 Å². The van der Waals surface area contributed by atoms with Crippen LogP contribution in [-0.2, 0) is 34.0 Å². The summed E-state index contributed by atoms with van der Waals surface area (Å²) in [5, 5.41) is 30.9. The number of aromatic hydroxyl groups is 1. The van der Waals surface area contributed by atoms with Gasteiger partial charge in [0.25, 0.3) is 5.69 Å². The number of nitrogens with two attached hydrogens (primary N) is 2. The average molecular weight is 952 g/mol. The topological polar surface area (TPSA) is 298 Å². The van der Waals surface area contributed by atoms with Gasteiger partial charge in [0, 0.05) is 68.2 Å². The van der Waals surface area contributed by atoms with Gasteiger partial charge < -0.3 is 47.5 Å². The van der Waals surface area contributed by atoms with Crippen LogP contribution >= 0.6 is 0 Å². The van der Waals surface area contributed by atoms with E-state index in [2.05, 4.69) is 26.0 Å². The Morgan fingerprint density at radius 1 is 0.776 bits per heavy atom. The molecule has 368 valence electrons. The third kappa shape index (κ3) is 24.0. The number of non-ortho nitro benzene ring substituents is 1. The second-order valence-corrected chi connectivity index (χ2v) is 17.2. The number of benzene rings is 4. The number of phenols is 1. The van der Waals surface area contributed by atoms with Crippen LogP contribution in [0, 0.1) is 24.0 Å². The zero-order chi connectivity index (χ0) is 50.4. The number of hydrogen-bond acceptors (Lipinski definition) is 13. The number of carbonyl (C=O) groups excluding carboxylic acids is 5. The molecule has 0 bridgehead atoms. The van der Waals surface area contributed by atoms with Gasteiger partial charge in [0.05, 0.1) is 22.9 Å². The SMILES string of the molecule is CC(CCCCN)NC(=O)CNC(=O)C(CCC(=O)NCCCCNS(=O)(=O)c1cccc2c(N(C)C)cccc12)NC(=O)CN.CC=O.Cc1ccc(O)cc1.Cc1ccc([N+](=O)[O-])cc1. The molecule has 4 aromatic rings. The standard InChI is InChI=1S/C31H50N8O6S.C7H7NO2.C7H8O.C2H4O/c1-22(10-4-5-17-32)37-30(42)21-35-31(43)25(38-29(41)20-33)15-16-28(40)34-18-6-7-19-36-46(44,45)27-14-9-11-23-24(27)12-8-13-26(23)39(2)3;1-6-2-4-7(5-3-6)8(9)10;1-6-2-4-7(8)5-3-6;1-2-3/h8-9,11-14,22,25,36H,4-7,10,15-21,32-33H2,1-3H3,(H,34,40)(H,35,43)(H,37,42)(H,38,41);2-5H,1H3;2-5,8H,1H3;2H,1H3. The van der Waals surface area contributed by atoms with Crippen molar-refractivity contribution in [3.8, 4) is 5.75 Å². The van der Waals surface area contributed by atoms with Gasteiger partial charge in [-0.2, -0.15) is 0 Å². The molecule has 67 heavy (non-hydrogen) atoms. The van der Waals surface area contributed by atoms with E-state index in [1.165, 1.54) is 24.6 Å². The number of fused-ring (bicyclic) bond motifs is 1. The van der Waals surface area contributed by atoms with Gasteiger partial charge in [0.2, 0.25) is 33.7 Å². The van der Waals surface area contributed by atoms with E-state index in [0.29, 0.717) is 37.1 Å². The quantitative estimate of drug-likeness (QED) is 0.0241. The van der Waals surface area contributed by atoms with Crippen LogP contribution in [0.5, 0.6) is 5.75 Å². The van der Waals surface area contributed by atoms with Gasteiger partial charge in [0.1, 0.15) is 18.1 Å². The first kappa shape index (κ1) is 58.5. The molecule has 0 saturated heterocycles. The molecular formula is C47H69N9O10S. The Bertz CT molecular complexity index is 2240. The van der Waals surface area contributed by atoms with Crippen molar-refractivity contribution in [3.05, 3.63) is 106 Å². The van der Waals surface area contributed by atoms with E-state index in [-0.39, 0.29) is 60.9 Å². The van der Waals surface area contributed by atoms with Gasteiger partial charge in [-0.3, -0.25) is 29.3 Å². The molecule has 4 rings (SSSR count). The summed E-state index contributed by atoms with van der Waals surface area (Å²) in [6, 6.07) is 23.1. The molecule has 2 unspecified atom stereocenters. The lowest BCUT2D eigenvalue weighted by molar-refractivity contribution is -0.384. The summed E-state index contributed by atoms with van der Waals surface area (Å²) >= 11 is 0. The number of sulfonamides is 1. The van der Waals surface area contributed by atoms with Crippen molar-refractivity contribution in [2.75, 3.05) is 51.7 Å². The van der Waals surface area contributed by atoms with Crippen LogP contribution in [0.1, 0.15) is 69.9 Å². The number of anilines is 1. The number of phenolic OH excluding ortho intramolecular Hbond substituents is 1. The van der Waals surface area contributed by atoms with E-state index in [1.807, 2.05) is 70.1 Å². The maximum atomic E-state index is 13.1. The molecule has 0 fully saturated rings. The summed E-state index contributed by atoms with van der Waals surface area (Å²) in [5.41, 5.74) is 14.1. The molecule has 0 radical (unpaired) electrons. The molecule has 0 aliphatic heterocycles. The Morgan fingerprint density at radius 2 is 1.36 bits per heavy atom. The van der Waals surface area contributed by atoms with Crippen molar-refractivity contribution < 1.29 is 42.4 Å². The number of unbranched alkanes of at least 4 members (excludes halogenated alkanes) is 2. The van der Waals surface area contributed by atoms with Crippen molar-refractivity contribution in [2.45, 2.75) is 89.6 Å². The fourth-order valence-corrected chi connectivity index (χ4v) is 7.33. The van der Waals surface area contributed by atoms with Crippen LogP contribution < -0.4 is 42.4 Å². The maximum absolute atomic E-state index is 13.1. The molecule has 2 atom stereocenters. The highest BCUT2D eigenvalue weighted by Gasteiger charge is 2.22. The van der Waals surface area contributed by atoms with E-state index < -0.39 is 32.8 Å². The summed E-state index contributed by atoms with van der Waals surface area (Å²) in [6.45, 7) is 7.65. The van der Waals surface area contributed by atoms with E-state index in [1.54, 1.807) is 42.5 Å². The van der Waals surface area contributed by atoms with Crippen molar-refractivity contribution in [2.24, 2.45) is 11.5 Å². The number of carbonyl (C=O) groups is 5. The number of amides is 4. The first-order chi connectivity index (χ1) is 31.8. The Labute approximate surface area is 394 Å². The maximum Gasteiger partial charge on any atom is 0.269 e. The average Bonchev–Trinajstić information content (AvgIpc) is 3.29. The fourth-order valence-electron chi connectivity index (χ4n) is 6.03. The molecule has 20 heteroatoms. The molecule has 0 aliphatic carbocycles. The summed E-state index contributed by atoms with van der Waals surface area (Å²) in [4.78, 5) is 69.8. The Kier molecular flexibility index (Phi) is 28.2. The summed E-state index contributed by atoms with van der Waals surface area (Å²) in [5.74, 6) is -1.54. The first-order valence-electron chi connectivity index (χ1n) is 21.9. The largest absolute Gasteiger partial charge is 0.508 e. The van der Waals surface area contributed by atoms with Crippen LogP contribution in [-0.4, -0.2) is 107 Å². The number of nitrogens with zero attached hydrogens (tertiary/aromatic N) is 2. The molecule has 10 N–H and O–H groups in total. The van der Waals surface area contributed by atoms with Gasteiger partial charge in [-0.15, -0.1) is 0 Å². The molecule has 0 heterocycles. The normalized spacial score (nSPS) is 11.3. The lowest BCUT2D eigenvalue weighted by atomic mass is 10.1. The molecule has 0 spiro atoms. The van der Waals surface area contributed by atoms with Crippen LogP contribution in [0.25, 0.3) is 10.8 Å². The molecule has 19 nitrogen and oxygen atoms in total. The Morgan fingerprint density at radius 3 is 1.93 bits per heavy atom. The van der Waals surface area contributed by atoms with Gasteiger partial charge in [-0.1, -0.05) is 66.1 Å². The van der Waals surface area contributed by atoms with Crippen molar-refractivity contribution >= 4 is 62.1 Å². The van der Waals surface area contributed by atoms with Gasteiger partial charge in [0.15, 0.2) is 0 Å². The Hall–Kier alpha value is -6.48. The minimum atomic E-state index is -3.76. The number of nitrogens with one attached hydrogen (secondary N) is 5.